The molecule has 8 rings (SSSR count). The molecule has 0 amide bonds. The monoisotopic (exact) mass is 530 g/mol. The molecule has 3 bridgehead atoms. The van der Waals surface area contributed by atoms with Crippen molar-refractivity contribution in [1.82, 2.24) is 0 Å². The molecule has 4 unspecified atom stereocenters. The second-order valence-corrected chi connectivity index (χ2v) is 12.9. The molecule has 2 heteroatoms. The van der Waals surface area contributed by atoms with E-state index in [0.29, 0.717) is 10.8 Å². The van der Waals surface area contributed by atoms with Gasteiger partial charge in [-0.25, -0.2) is 0 Å². The molecular formula is C29H24Br2. The van der Waals surface area contributed by atoms with Crippen molar-refractivity contribution in [3.8, 4) is 22.3 Å². The molecule has 0 heterocycles. The fourth-order valence-corrected chi connectivity index (χ4v) is 10.8. The van der Waals surface area contributed by atoms with Crippen LogP contribution in [-0.4, -0.2) is 0 Å². The van der Waals surface area contributed by atoms with Gasteiger partial charge in [0.1, 0.15) is 0 Å². The molecule has 4 atom stereocenters. The van der Waals surface area contributed by atoms with Gasteiger partial charge in [0.2, 0.25) is 0 Å². The van der Waals surface area contributed by atoms with Crippen molar-refractivity contribution in [3.63, 3.8) is 0 Å². The van der Waals surface area contributed by atoms with Crippen molar-refractivity contribution in [1.29, 1.82) is 0 Å². The van der Waals surface area contributed by atoms with Gasteiger partial charge >= 0.3 is 0 Å². The van der Waals surface area contributed by atoms with Crippen molar-refractivity contribution in [3.05, 3.63) is 80.7 Å². The van der Waals surface area contributed by atoms with Gasteiger partial charge in [-0.3, -0.25) is 0 Å². The van der Waals surface area contributed by atoms with E-state index in [2.05, 4.69) is 92.5 Å². The summed E-state index contributed by atoms with van der Waals surface area (Å²) in [4.78, 5) is 0. The lowest BCUT2D eigenvalue weighted by Gasteiger charge is -2.64. The van der Waals surface area contributed by atoms with Gasteiger partial charge in [-0.2, -0.15) is 0 Å². The number of hydrogen-bond donors (Lipinski definition) is 0. The molecule has 154 valence electrons. The Morgan fingerprint density at radius 1 is 0.645 bits per heavy atom. The molecule has 4 fully saturated rings. The predicted molar refractivity (Wildman–Crippen MR) is 133 cm³/mol. The van der Waals surface area contributed by atoms with E-state index in [4.69, 9.17) is 0 Å². The highest BCUT2D eigenvalue weighted by Gasteiger charge is 2.79. The van der Waals surface area contributed by atoms with E-state index in [1.54, 1.807) is 11.1 Å². The van der Waals surface area contributed by atoms with Gasteiger partial charge in [0.05, 0.1) is 0 Å². The normalized spacial score (nSPS) is 37.6. The quantitative estimate of drug-likeness (QED) is 0.295. The standard InChI is InChI=1S/C29H24Br2/c30-20-10-19(11-21(31)13-20)18-5-6-25-23(12-18)22-3-1-2-4-24(22)29(25)26-8-16-7-17-9-27(29)28(26,14-16)15-17/h1-6,10-13,16-17,26-27H,7-9,14-15H2. The van der Waals surface area contributed by atoms with Crippen LogP contribution in [0.2, 0.25) is 0 Å². The van der Waals surface area contributed by atoms with Crippen LogP contribution in [0.3, 0.4) is 0 Å². The number of benzene rings is 3. The highest BCUT2D eigenvalue weighted by atomic mass is 79.9. The second kappa shape index (κ2) is 5.75. The topological polar surface area (TPSA) is 0 Å². The summed E-state index contributed by atoms with van der Waals surface area (Å²) in [7, 11) is 0. The fourth-order valence-electron chi connectivity index (χ4n) is 9.53. The van der Waals surface area contributed by atoms with Crippen LogP contribution in [-0.2, 0) is 5.41 Å². The average molecular weight is 532 g/mol. The molecule has 0 radical (unpaired) electrons. The van der Waals surface area contributed by atoms with Crippen LogP contribution >= 0.6 is 31.9 Å². The Bertz CT molecular complexity index is 1240. The Labute approximate surface area is 200 Å². The molecular weight excluding hydrogens is 508 g/mol. The minimum atomic E-state index is 0.298. The van der Waals surface area contributed by atoms with Crippen molar-refractivity contribution in [2.45, 2.75) is 37.5 Å². The van der Waals surface area contributed by atoms with E-state index < -0.39 is 0 Å². The van der Waals surface area contributed by atoms with E-state index in [9.17, 15) is 0 Å². The van der Waals surface area contributed by atoms with E-state index in [1.165, 1.54) is 54.4 Å². The van der Waals surface area contributed by atoms with Crippen molar-refractivity contribution >= 4 is 31.9 Å². The molecule has 2 spiro atoms. The third-order valence-corrected chi connectivity index (χ3v) is 10.9. The van der Waals surface area contributed by atoms with Crippen molar-refractivity contribution < 1.29 is 0 Å². The molecule has 0 saturated heterocycles. The molecule has 0 N–H and O–H groups in total. The summed E-state index contributed by atoms with van der Waals surface area (Å²) in [6.07, 6.45) is 7.53. The van der Waals surface area contributed by atoms with Crippen LogP contribution in [0.5, 0.6) is 0 Å². The molecule has 0 aromatic heterocycles. The molecule has 4 saturated carbocycles. The SMILES string of the molecule is Brc1cc(Br)cc(-c2ccc3c(c2)-c2ccccc2C32C3CC4CC5CC2C3(C4)C5)c1. The molecule has 31 heavy (non-hydrogen) atoms. The van der Waals surface area contributed by atoms with Gasteiger partial charge in [0.25, 0.3) is 0 Å². The third kappa shape index (κ3) is 2.00. The Balaban J connectivity index is 1.36. The fraction of sp³-hybridized carbons (Fsp3) is 0.379. The zero-order valence-corrected chi connectivity index (χ0v) is 20.5. The molecule has 5 aliphatic carbocycles. The van der Waals surface area contributed by atoms with Crippen LogP contribution in [0.15, 0.2) is 69.6 Å². The van der Waals surface area contributed by atoms with Gasteiger partial charge < -0.3 is 0 Å². The van der Waals surface area contributed by atoms with Gasteiger partial charge in [-0.1, -0.05) is 68.3 Å². The molecule has 5 aliphatic rings. The Kier molecular flexibility index (Phi) is 3.36. The lowest BCUT2D eigenvalue weighted by molar-refractivity contribution is -0.0820. The zero-order valence-electron chi connectivity index (χ0n) is 17.4. The molecule has 3 aromatic rings. The maximum Gasteiger partial charge on any atom is 0.0282 e. The summed E-state index contributed by atoms with van der Waals surface area (Å²) in [5.74, 6) is 3.75. The summed E-state index contributed by atoms with van der Waals surface area (Å²) in [6.45, 7) is 0. The first-order valence-corrected chi connectivity index (χ1v) is 13.4. The van der Waals surface area contributed by atoms with Crippen LogP contribution in [0, 0.1) is 29.1 Å². The number of halogens is 2. The number of rotatable bonds is 1. The lowest BCUT2D eigenvalue weighted by atomic mass is 9.38. The summed E-state index contributed by atoms with van der Waals surface area (Å²) >= 11 is 7.35. The van der Waals surface area contributed by atoms with Gasteiger partial charge in [0, 0.05) is 14.4 Å². The minimum Gasteiger partial charge on any atom is -0.0619 e. The van der Waals surface area contributed by atoms with E-state index in [-0.39, 0.29) is 0 Å². The van der Waals surface area contributed by atoms with E-state index >= 15 is 0 Å². The Morgan fingerprint density at radius 2 is 1.32 bits per heavy atom. The van der Waals surface area contributed by atoms with Crippen LogP contribution in [0.1, 0.15) is 43.2 Å². The maximum absolute atomic E-state index is 3.68. The van der Waals surface area contributed by atoms with Crippen molar-refractivity contribution in [2.24, 2.45) is 29.1 Å². The minimum absolute atomic E-state index is 0.298. The maximum atomic E-state index is 3.68. The van der Waals surface area contributed by atoms with E-state index in [1.807, 2.05) is 0 Å². The van der Waals surface area contributed by atoms with E-state index in [0.717, 1.165) is 32.6 Å². The molecule has 3 aromatic carbocycles. The summed E-state index contributed by atoms with van der Waals surface area (Å²) in [6, 6.07) is 23.4. The van der Waals surface area contributed by atoms with Gasteiger partial charge in [-0.15, -0.1) is 0 Å². The number of hydrogen-bond acceptors (Lipinski definition) is 0. The van der Waals surface area contributed by atoms with Crippen LogP contribution < -0.4 is 0 Å². The van der Waals surface area contributed by atoms with Gasteiger partial charge in [-0.05, 0) is 119 Å². The largest absolute Gasteiger partial charge is 0.0619 e. The smallest absolute Gasteiger partial charge is 0.0282 e. The second-order valence-electron chi connectivity index (χ2n) is 11.0. The third-order valence-electron chi connectivity index (χ3n) is 9.95. The number of fused-ring (bicyclic) bond motifs is 9. The molecule has 0 nitrogen and oxygen atoms in total. The predicted octanol–water partition coefficient (Wildman–Crippen LogP) is 8.60. The zero-order chi connectivity index (χ0) is 20.5. The highest BCUT2D eigenvalue weighted by Crippen LogP contribution is 2.85. The molecule has 0 aliphatic heterocycles. The first kappa shape index (κ1) is 18.1. The first-order chi connectivity index (χ1) is 15.1. The van der Waals surface area contributed by atoms with Gasteiger partial charge in [0.15, 0.2) is 0 Å². The first-order valence-electron chi connectivity index (χ1n) is 11.8. The summed E-state index contributed by atoms with van der Waals surface area (Å²) < 4.78 is 2.24. The Hall–Kier alpha value is -1.38. The average Bonchev–Trinajstić information content (AvgIpc) is 3.28. The summed E-state index contributed by atoms with van der Waals surface area (Å²) in [5.41, 5.74) is 9.89. The highest BCUT2D eigenvalue weighted by molar-refractivity contribution is 9.11. The van der Waals surface area contributed by atoms with Crippen molar-refractivity contribution in [2.75, 3.05) is 0 Å². The summed E-state index contributed by atoms with van der Waals surface area (Å²) in [5, 5.41) is 0. The van der Waals surface area contributed by atoms with Crippen LogP contribution in [0.25, 0.3) is 22.3 Å². The lowest BCUT2D eigenvalue weighted by Crippen LogP contribution is -2.62. The Morgan fingerprint density at radius 3 is 2.06 bits per heavy atom. The van der Waals surface area contributed by atoms with Crippen LogP contribution in [0.4, 0.5) is 0 Å².